The van der Waals surface area contributed by atoms with Crippen LogP contribution in [0.1, 0.15) is 12.5 Å². The Bertz CT molecular complexity index is 1020. The zero-order chi connectivity index (χ0) is 22.3. The second-order valence-electron chi connectivity index (χ2n) is 6.27. The molecule has 0 aliphatic rings. The number of sulfonamides is 1. The van der Waals surface area contributed by atoms with Crippen LogP contribution in [0.3, 0.4) is 0 Å². The average Bonchev–Trinajstić information content (AvgIpc) is 2.74. The van der Waals surface area contributed by atoms with Crippen LogP contribution in [0.4, 0.5) is 5.69 Å². The van der Waals surface area contributed by atoms with Crippen LogP contribution >= 0.6 is 0 Å². The van der Waals surface area contributed by atoms with Gasteiger partial charge < -0.3 is 14.2 Å². The summed E-state index contributed by atoms with van der Waals surface area (Å²) >= 11 is 0. The number of amides is 1. The van der Waals surface area contributed by atoms with E-state index in [0.29, 0.717) is 23.0 Å². The van der Waals surface area contributed by atoms with Gasteiger partial charge in [0, 0.05) is 6.07 Å². The van der Waals surface area contributed by atoms with Crippen LogP contribution in [0, 0.1) is 0 Å². The number of rotatable bonds is 9. The second kappa shape index (κ2) is 9.97. The van der Waals surface area contributed by atoms with Gasteiger partial charge in [-0.1, -0.05) is 0 Å². The van der Waals surface area contributed by atoms with E-state index in [0.717, 1.165) is 16.1 Å². The van der Waals surface area contributed by atoms with E-state index in [1.165, 1.54) is 26.4 Å². The van der Waals surface area contributed by atoms with Crippen molar-refractivity contribution in [2.45, 2.75) is 6.92 Å². The minimum absolute atomic E-state index is 0.265. The third-order valence-electron chi connectivity index (χ3n) is 4.20. The molecule has 0 fully saturated rings. The van der Waals surface area contributed by atoms with Gasteiger partial charge in [0.05, 0.1) is 39.0 Å². The van der Waals surface area contributed by atoms with E-state index >= 15 is 0 Å². The van der Waals surface area contributed by atoms with Crippen LogP contribution in [0.5, 0.6) is 17.2 Å². The lowest BCUT2D eigenvalue weighted by Gasteiger charge is -2.22. The van der Waals surface area contributed by atoms with Crippen molar-refractivity contribution in [3.8, 4) is 17.2 Å². The SMILES string of the molecule is COc1ccc(/C(C)=N\NC(=O)CN(c2ccc(OC)c(OC)c2)S(C)(=O)=O)cc1. The number of anilines is 1. The molecule has 0 aliphatic heterocycles. The molecule has 1 amide bonds. The summed E-state index contributed by atoms with van der Waals surface area (Å²) in [7, 11) is 0.744. The van der Waals surface area contributed by atoms with Gasteiger partial charge in [-0.2, -0.15) is 5.10 Å². The molecule has 162 valence electrons. The second-order valence-corrected chi connectivity index (χ2v) is 8.18. The minimum atomic E-state index is -3.74. The highest BCUT2D eigenvalue weighted by molar-refractivity contribution is 7.92. The number of nitrogens with one attached hydrogen (secondary N) is 1. The lowest BCUT2D eigenvalue weighted by molar-refractivity contribution is -0.119. The highest BCUT2D eigenvalue weighted by Gasteiger charge is 2.22. The van der Waals surface area contributed by atoms with Gasteiger partial charge in [0.1, 0.15) is 12.3 Å². The van der Waals surface area contributed by atoms with E-state index in [1.54, 1.807) is 44.4 Å². The molecule has 0 radical (unpaired) electrons. The maximum atomic E-state index is 12.4. The molecule has 0 unspecified atom stereocenters. The molecule has 0 saturated heterocycles. The summed E-state index contributed by atoms with van der Waals surface area (Å²) in [6, 6.07) is 11.7. The minimum Gasteiger partial charge on any atom is -0.497 e. The number of benzene rings is 2. The van der Waals surface area contributed by atoms with Crippen LogP contribution in [-0.2, 0) is 14.8 Å². The van der Waals surface area contributed by atoms with Gasteiger partial charge in [-0.15, -0.1) is 0 Å². The fourth-order valence-electron chi connectivity index (χ4n) is 2.59. The highest BCUT2D eigenvalue weighted by Crippen LogP contribution is 2.32. The summed E-state index contributed by atoms with van der Waals surface area (Å²) in [5, 5.41) is 4.05. The van der Waals surface area contributed by atoms with Crippen LogP contribution < -0.4 is 23.9 Å². The number of carbonyl (C=O) groups excluding carboxylic acids is 1. The molecule has 9 nitrogen and oxygen atoms in total. The molecule has 0 aliphatic carbocycles. The van der Waals surface area contributed by atoms with Gasteiger partial charge in [0.15, 0.2) is 11.5 Å². The van der Waals surface area contributed by atoms with Crippen molar-refractivity contribution in [3.05, 3.63) is 48.0 Å². The summed E-state index contributed by atoms with van der Waals surface area (Å²) in [4.78, 5) is 12.4. The van der Waals surface area contributed by atoms with Crippen LogP contribution in [0.2, 0.25) is 0 Å². The van der Waals surface area contributed by atoms with E-state index in [2.05, 4.69) is 10.5 Å². The van der Waals surface area contributed by atoms with Gasteiger partial charge >= 0.3 is 0 Å². The normalized spacial score (nSPS) is 11.6. The fraction of sp³-hybridized carbons (Fsp3) is 0.300. The van der Waals surface area contributed by atoms with Crippen LogP contribution in [-0.4, -0.2) is 54.2 Å². The summed E-state index contributed by atoms with van der Waals surface area (Å²) in [5.74, 6) is 0.897. The number of hydrazone groups is 1. The molecular weight excluding hydrogens is 410 g/mol. The molecule has 2 aromatic rings. The molecule has 30 heavy (non-hydrogen) atoms. The van der Waals surface area contributed by atoms with E-state index in [-0.39, 0.29) is 5.69 Å². The highest BCUT2D eigenvalue weighted by atomic mass is 32.2. The number of carbonyl (C=O) groups is 1. The average molecular weight is 436 g/mol. The van der Waals surface area contributed by atoms with Gasteiger partial charge in [-0.3, -0.25) is 9.10 Å². The van der Waals surface area contributed by atoms with E-state index in [1.807, 2.05) is 0 Å². The Labute approximate surface area is 176 Å². The zero-order valence-corrected chi connectivity index (χ0v) is 18.3. The smallest absolute Gasteiger partial charge is 0.260 e. The van der Waals surface area contributed by atoms with Crippen molar-refractivity contribution in [2.75, 3.05) is 38.4 Å². The Hall–Kier alpha value is -3.27. The molecule has 2 aromatic carbocycles. The van der Waals surface area contributed by atoms with E-state index in [9.17, 15) is 13.2 Å². The maximum absolute atomic E-state index is 12.4. The number of methoxy groups -OCH3 is 3. The number of ether oxygens (including phenoxy) is 3. The van der Waals surface area contributed by atoms with Gasteiger partial charge in [0.25, 0.3) is 5.91 Å². The molecule has 0 atom stereocenters. The van der Waals surface area contributed by atoms with Crippen molar-refractivity contribution in [2.24, 2.45) is 5.10 Å². The molecule has 0 saturated carbocycles. The third-order valence-corrected chi connectivity index (χ3v) is 5.34. The van der Waals surface area contributed by atoms with Crippen molar-refractivity contribution in [1.82, 2.24) is 5.43 Å². The van der Waals surface area contributed by atoms with Crippen molar-refractivity contribution in [3.63, 3.8) is 0 Å². The molecule has 1 N–H and O–H groups in total. The molecular formula is C20H25N3O6S. The fourth-order valence-corrected chi connectivity index (χ4v) is 3.44. The first kappa shape index (κ1) is 23.0. The molecule has 2 rings (SSSR count). The molecule has 0 spiro atoms. The monoisotopic (exact) mass is 435 g/mol. The summed E-state index contributed by atoms with van der Waals surface area (Å²) in [6.45, 7) is 1.28. The van der Waals surface area contributed by atoms with Crippen LogP contribution in [0.15, 0.2) is 47.6 Å². The molecule has 0 aromatic heterocycles. The summed E-state index contributed by atoms with van der Waals surface area (Å²) in [5.41, 5.74) is 4.00. The first-order valence-electron chi connectivity index (χ1n) is 8.87. The third kappa shape index (κ3) is 5.86. The lowest BCUT2D eigenvalue weighted by Crippen LogP contribution is -2.39. The first-order chi connectivity index (χ1) is 14.2. The Morgan fingerprint density at radius 1 is 1.00 bits per heavy atom. The number of nitrogens with zero attached hydrogens (tertiary/aromatic N) is 2. The van der Waals surface area contributed by atoms with Crippen molar-refractivity contribution in [1.29, 1.82) is 0 Å². The van der Waals surface area contributed by atoms with Gasteiger partial charge in [0.2, 0.25) is 10.0 Å². The summed E-state index contributed by atoms with van der Waals surface area (Å²) in [6.07, 6.45) is 1.02. The lowest BCUT2D eigenvalue weighted by atomic mass is 10.1. The Balaban J connectivity index is 2.18. The number of hydrogen-bond acceptors (Lipinski definition) is 7. The van der Waals surface area contributed by atoms with Crippen molar-refractivity contribution < 1.29 is 27.4 Å². The maximum Gasteiger partial charge on any atom is 0.260 e. The Morgan fingerprint density at radius 2 is 1.63 bits per heavy atom. The standard InChI is InChI=1S/C20H25N3O6S/c1-14(15-6-9-17(27-2)10-7-15)21-22-20(24)13-23(30(5,25)26)16-8-11-18(28-3)19(12-16)29-4/h6-12H,13H2,1-5H3,(H,22,24)/b21-14-. The zero-order valence-electron chi connectivity index (χ0n) is 17.5. The first-order valence-corrected chi connectivity index (χ1v) is 10.7. The molecule has 0 heterocycles. The van der Waals surface area contributed by atoms with Crippen molar-refractivity contribution >= 4 is 27.3 Å². The van der Waals surface area contributed by atoms with E-state index < -0.39 is 22.5 Å². The predicted octanol–water partition coefficient (Wildman–Crippen LogP) is 2.02. The number of hydrogen-bond donors (Lipinski definition) is 1. The topological polar surface area (TPSA) is 107 Å². The Morgan fingerprint density at radius 3 is 2.17 bits per heavy atom. The molecule has 10 heteroatoms. The van der Waals surface area contributed by atoms with Crippen LogP contribution in [0.25, 0.3) is 0 Å². The predicted molar refractivity (Wildman–Crippen MR) is 115 cm³/mol. The quantitative estimate of drug-likeness (QED) is 0.477. The Kier molecular flexibility index (Phi) is 7.65. The van der Waals surface area contributed by atoms with Gasteiger partial charge in [-0.05, 0) is 48.9 Å². The summed E-state index contributed by atoms with van der Waals surface area (Å²) < 4.78 is 41.0. The van der Waals surface area contributed by atoms with Gasteiger partial charge in [-0.25, -0.2) is 13.8 Å². The largest absolute Gasteiger partial charge is 0.497 e. The molecule has 0 bridgehead atoms. The van der Waals surface area contributed by atoms with E-state index in [4.69, 9.17) is 14.2 Å².